The molecule has 1 saturated carbocycles. The predicted molar refractivity (Wildman–Crippen MR) is 141 cm³/mol. The molecule has 0 unspecified atom stereocenters. The third-order valence-electron chi connectivity index (χ3n) is 7.25. The van der Waals surface area contributed by atoms with Crippen LogP contribution in [-0.4, -0.2) is 53.7 Å². The highest BCUT2D eigenvalue weighted by Gasteiger charge is 2.52. The van der Waals surface area contributed by atoms with Crippen molar-refractivity contribution in [3.05, 3.63) is 58.3 Å². The van der Waals surface area contributed by atoms with Gasteiger partial charge in [0.1, 0.15) is 11.4 Å². The predicted octanol–water partition coefficient (Wildman–Crippen LogP) is 3.81. The van der Waals surface area contributed by atoms with E-state index in [1.165, 1.54) is 24.4 Å². The molecule has 1 amide bonds. The third-order valence-corrected chi connectivity index (χ3v) is 8.36. The van der Waals surface area contributed by atoms with E-state index in [4.69, 9.17) is 4.74 Å². The SMILES string of the molecule is CC(C)(C)OC(=O)N1[C@@H]2CC[C@@H](C2)[C@H]1C(=O)C[C@H](C#N)Cc1ccc(-n2ccc(S(C)(=O)=O)cc2=O)cc1F. The Labute approximate surface area is 227 Å². The van der Waals surface area contributed by atoms with Gasteiger partial charge < -0.3 is 4.74 Å². The number of ketones is 1. The number of carbonyl (C=O) groups is 2. The number of piperidine rings is 1. The lowest BCUT2D eigenvalue weighted by molar-refractivity contribution is -0.126. The first-order chi connectivity index (χ1) is 18.2. The number of nitriles is 1. The average molecular weight is 558 g/mol. The minimum absolute atomic E-state index is 0.0243. The Bertz CT molecular complexity index is 1500. The fraction of sp³-hybridized carbons (Fsp3) is 0.500. The number of likely N-dealkylation sites (tertiary alicyclic amines) is 1. The summed E-state index contributed by atoms with van der Waals surface area (Å²) < 4.78 is 45.1. The van der Waals surface area contributed by atoms with Crippen LogP contribution < -0.4 is 5.56 Å². The molecule has 1 aliphatic carbocycles. The number of fused-ring (bicyclic) bond motifs is 2. The van der Waals surface area contributed by atoms with Crippen molar-refractivity contribution >= 4 is 21.7 Å². The quantitative estimate of drug-likeness (QED) is 0.507. The van der Waals surface area contributed by atoms with Crippen molar-refractivity contribution in [3.63, 3.8) is 0 Å². The maximum atomic E-state index is 15.0. The second-order valence-corrected chi connectivity index (χ2v) is 13.4. The zero-order valence-corrected chi connectivity index (χ0v) is 23.2. The van der Waals surface area contributed by atoms with Gasteiger partial charge in [-0.2, -0.15) is 5.26 Å². The van der Waals surface area contributed by atoms with Gasteiger partial charge in [0.25, 0.3) is 5.56 Å². The van der Waals surface area contributed by atoms with E-state index >= 15 is 4.39 Å². The molecular weight excluding hydrogens is 525 g/mol. The Morgan fingerprint density at radius 1 is 1.21 bits per heavy atom. The van der Waals surface area contributed by atoms with Crippen molar-refractivity contribution in [2.75, 3.05) is 6.26 Å². The molecule has 4 rings (SSSR count). The van der Waals surface area contributed by atoms with Gasteiger partial charge in [0, 0.05) is 31.0 Å². The first-order valence-electron chi connectivity index (χ1n) is 12.8. The number of nitrogens with zero attached hydrogens (tertiary/aromatic N) is 3. The summed E-state index contributed by atoms with van der Waals surface area (Å²) in [4.78, 5) is 40.1. The zero-order chi connectivity index (χ0) is 28.7. The molecule has 208 valence electrons. The summed E-state index contributed by atoms with van der Waals surface area (Å²) >= 11 is 0. The van der Waals surface area contributed by atoms with Crippen LogP contribution in [0.4, 0.5) is 9.18 Å². The second-order valence-electron chi connectivity index (χ2n) is 11.4. The molecule has 0 N–H and O–H groups in total. The van der Waals surface area contributed by atoms with Crippen LogP contribution in [-0.2, 0) is 25.8 Å². The van der Waals surface area contributed by atoms with Gasteiger partial charge in [0.15, 0.2) is 15.6 Å². The molecule has 1 saturated heterocycles. The van der Waals surface area contributed by atoms with Crippen LogP contribution in [0.15, 0.2) is 46.2 Å². The summed E-state index contributed by atoms with van der Waals surface area (Å²) in [5.74, 6) is -1.67. The van der Waals surface area contributed by atoms with E-state index in [1.807, 2.05) is 0 Å². The van der Waals surface area contributed by atoms with Gasteiger partial charge in [0.05, 0.1) is 28.6 Å². The van der Waals surface area contributed by atoms with E-state index in [0.29, 0.717) is 0 Å². The van der Waals surface area contributed by atoms with Crippen molar-refractivity contribution in [2.45, 2.75) is 75.5 Å². The molecule has 4 atom stereocenters. The number of sulfone groups is 1. The monoisotopic (exact) mass is 557 g/mol. The molecule has 1 aromatic carbocycles. The van der Waals surface area contributed by atoms with Crippen LogP contribution in [0.3, 0.4) is 0 Å². The topological polar surface area (TPSA) is 127 Å². The van der Waals surface area contributed by atoms with E-state index in [0.717, 1.165) is 42.2 Å². The van der Waals surface area contributed by atoms with Gasteiger partial charge in [0.2, 0.25) is 0 Å². The lowest BCUT2D eigenvalue weighted by Gasteiger charge is -2.35. The first-order valence-corrected chi connectivity index (χ1v) is 14.7. The molecule has 1 aromatic heterocycles. The van der Waals surface area contributed by atoms with Crippen LogP contribution in [0.1, 0.15) is 52.0 Å². The van der Waals surface area contributed by atoms with Gasteiger partial charge in [-0.05, 0) is 76.1 Å². The van der Waals surface area contributed by atoms with Gasteiger partial charge in [-0.1, -0.05) is 6.07 Å². The standard InChI is InChI=1S/C28H32FN3O6S/c1-28(2,3)38-27(35)32-21-8-6-19(13-21)26(32)24(33)12-17(16-30)11-18-5-7-20(14-23(18)29)31-10-9-22(15-25(31)34)39(4,36)37/h5,7,9-10,14-15,17,19,21,26H,6,8,11-13H2,1-4H3/t17-,19+,21-,26+/m1/s1. The summed E-state index contributed by atoms with van der Waals surface area (Å²) in [6.07, 6.45) is 3.95. The van der Waals surface area contributed by atoms with E-state index in [2.05, 4.69) is 6.07 Å². The first kappa shape index (κ1) is 28.5. The van der Waals surface area contributed by atoms with Gasteiger partial charge >= 0.3 is 6.09 Å². The summed E-state index contributed by atoms with van der Waals surface area (Å²) in [6, 6.07) is 7.70. The summed E-state index contributed by atoms with van der Waals surface area (Å²) in [7, 11) is -3.57. The molecule has 2 fully saturated rings. The van der Waals surface area contributed by atoms with Crippen LogP contribution >= 0.6 is 0 Å². The van der Waals surface area contributed by atoms with E-state index in [9.17, 15) is 28.1 Å². The van der Waals surface area contributed by atoms with E-state index in [-0.39, 0.29) is 46.7 Å². The third kappa shape index (κ3) is 6.22. The van der Waals surface area contributed by atoms with Crippen molar-refractivity contribution < 1.29 is 27.1 Å². The molecule has 0 spiro atoms. The molecule has 2 bridgehead atoms. The van der Waals surface area contributed by atoms with Gasteiger partial charge in [-0.3, -0.25) is 19.1 Å². The number of benzene rings is 1. The number of pyridine rings is 1. The Hall–Kier alpha value is -3.52. The van der Waals surface area contributed by atoms with Crippen molar-refractivity contribution in [2.24, 2.45) is 11.8 Å². The fourth-order valence-electron chi connectivity index (χ4n) is 5.53. The van der Waals surface area contributed by atoms with Crippen molar-refractivity contribution in [1.29, 1.82) is 5.26 Å². The molecule has 39 heavy (non-hydrogen) atoms. The number of hydrogen-bond donors (Lipinski definition) is 0. The zero-order valence-electron chi connectivity index (χ0n) is 22.4. The summed E-state index contributed by atoms with van der Waals surface area (Å²) in [5, 5.41) is 9.77. The maximum Gasteiger partial charge on any atom is 0.411 e. The highest BCUT2D eigenvalue weighted by atomic mass is 32.2. The summed E-state index contributed by atoms with van der Waals surface area (Å²) in [5.41, 5.74) is -0.936. The number of ether oxygens (including phenoxy) is 1. The van der Waals surface area contributed by atoms with Crippen LogP contribution in [0.2, 0.25) is 0 Å². The smallest absolute Gasteiger partial charge is 0.411 e. The normalized spacial score (nSPS) is 21.4. The number of Topliss-reactive ketones (excluding diaryl/α,β-unsaturated/α-hetero) is 1. The number of aromatic nitrogens is 1. The summed E-state index contributed by atoms with van der Waals surface area (Å²) in [6.45, 7) is 5.30. The number of amides is 1. The maximum absolute atomic E-state index is 15.0. The Balaban J connectivity index is 1.48. The number of halogens is 1. The largest absolute Gasteiger partial charge is 0.444 e. The number of rotatable bonds is 7. The average Bonchev–Trinajstić information content (AvgIpc) is 3.45. The minimum atomic E-state index is -3.57. The number of hydrogen-bond acceptors (Lipinski definition) is 7. The lowest BCUT2D eigenvalue weighted by Crippen LogP contribution is -2.51. The lowest BCUT2D eigenvalue weighted by atomic mass is 9.88. The molecule has 1 aliphatic heterocycles. The number of carbonyl (C=O) groups excluding carboxylic acids is 2. The molecular formula is C28H32FN3O6S. The highest BCUT2D eigenvalue weighted by molar-refractivity contribution is 7.90. The van der Waals surface area contributed by atoms with E-state index < -0.39 is 44.9 Å². The Morgan fingerprint density at radius 3 is 2.51 bits per heavy atom. The molecule has 2 aliphatic rings. The van der Waals surface area contributed by atoms with Gasteiger partial charge in [-0.25, -0.2) is 17.6 Å². The molecule has 11 heteroatoms. The molecule has 2 heterocycles. The van der Waals surface area contributed by atoms with Crippen molar-refractivity contribution in [3.8, 4) is 11.8 Å². The van der Waals surface area contributed by atoms with Gasteiger partial charge in [-0.15, -0.1) is 0 Å². The molecule has 2 aromatic rings. The minimum Gasteiger partial charge on any atom is -0.444 e. The van der Waals surface area contributed by atoms with Crippen LogP contribution in [0.5, 0.6) is 0 Å². The van der Waals surface area contributed by atoms with Crippen LogP contribution in [0.25, 0.3) is 5.69 Å². The molecule has 0 radical (unpaired) electrons. The fourth-order valence-corrected chi connectivity index (χ4v) is 6.15. The van der Waals surface area contributed by atoms with Crippen LogP contribution in [0, 0.1) is 29.0 Å². The second kappa shape index (κ2) is 10.6. The Morgan fingerprint density at radius 2 is 1.92 bits per heavy atom. The highest BCUT2D eigenvalue weighted by Crippen LogP contribution is 2.44. The Kier molecular flexibility index (Phi) is 7.72. The van der Waals surface area contributed by atoms with E-state index in [1.54, 1.807) is 25.7 Å². The molecule has 9 nitrogen and oxygen atoms in total. The van der Waals surface area contributed by atoms with Crippen molar-refractivity contribution in [1.82, 2.24) is 9.47 Å².